The van der Waals surface area contributed by atoms with Gasteiger partial charge in [-0.2, -0.15) is 5.10 Å². The Morgan fingerprint density at radius 2 is 1.69 bits per heavy atom. The van der Waals surface area contributed by atoms with E-state index in [1.165, 1.54) is 0 Å². The van der Waals surface area contributed by atoms with E-state index in [0.717, 1.165) is 74.7 Å². The molecule has 0 atom stereocenters. The van der Waals surface area contributed by atoms with Crippen molar-refractivity contribution in [2.24, 2.45) is 5.73 Å². The van der Waals surface area contributed by atoms with Crippen molar-refractivity contribution in [2.75, 3.05) is 18.0 Å². The highest BCUT2D eigenvalue weighted by Crippen LogP contribution is 2.34. The molecule has 0 saturated carbocycles. The maximum atomic E-state index is 5.96. The molecule has 1 saturated heterocycles. The van der Waals surface area contributed by atoms with Crippen molar-refractivity contribution in [3.05, 3.63) is 79.1 Å². The molecule has 8 heteroatoms. The molecule has 4 N–H and O–H groups in total. The van der Waals surface area contributed by atoms with E-state index in [4.69, 9.17) is 10.7 Å². The van der Waals surface area contributed by atoms with Gasteiger partial charge in [-0.1, -0.05) is 18.2 Å². The molecule has 0 bridgehead atoms. The van der Waals surface area contributed by atoms with Gasteiger partial charge >= 0.3 is 0 Å². The second-order valence-corrected chi connectivity index (χ2v) is 8.90. The van der Waals surface area contributed by atoms with Gasteiger partial charge in [0.05, 0.1) is 28.3 Å². The van der Waals surface area contributed by atoms with Crippen LogP contribution >= 0.6 is 0 Å². The fourth-order valence-electron chi connectivity index (χ4n) is 4.73. The van der Waals surface area contributed by atoms with Gasteiger partial charge in [0.25, 0.3) is 0 Å². The normalized spacial score (nSPS) is 14.0. The van der Waals surface area contributed by atoms with Crippen LogP contribution in [0.4, 0.5) is 5.82 Å². The molecule has 5 aromatic heterocycles. The van der Waals surface area contributed by atoms with E-state index >= 15 is 0 Å². The second-order valence-electron chi connectivity index (χ2n) is 8.90. The number of hydrogen-bond donors (Lipinski definition) is 3. The van der Waals surface area contributed by atoms with E-state index in [1.807, 2.05) is 42.5 Å². The predicted molar refractivity (Wildman–Crippen MR) is 138 cm³/mol. The molecular weight excluding hydrogens is 436 g/mol. The average Bonchev–Trinajstić information content (AvgIpc) is 3.51. The lowest BCUT2D eigenvalue weighted by atomic mass is 10.1. The summed E-state index contributed by atoms with van der Waals surface area (Å²) in [7, 11) is 0. The number of hydrogen-bond acceptors (Lipinski definition) is 6. The summed E-state index contributed by atoms with van der Waals surface area (Å²) in [5.41, 5.74) is 13.3. The maximum Gasteiger partial charge on any atom is 0.129 e. The van der Waals surface area contributed by atoms with Crippen LogP contribution in [0.15, 0.2) is 79.1 Å². The Hall–Kier alpha value is -4.56. The van der Waals surface area contributed by atoms with Crippen molar-refractivity contribution in [2.45, 2.75) is 6.04 Å². The van der Waals surface area contributed by atoms with E-state index in [0.29, 0.717) is 0 Å². The molecule has 8 nitrogen and oxygen atoms in total. The first-order valence-corrected chi connectivity index (χ1v) is 11.6. The quantitative estimate of drug-likeness (QED) is 0.361. The number of aromatic amines is 2. The van der Waals surface area contributed by atoms with Crippen molar-refractivity contribution in [3.63, 3.8) is 0 Å². The molecule has 1 aliphatic heterocycles. The molecule has 1 aliphatic rings. The third kappa shape index (κ3) is 3.34. The maximum absolute atomic E-state index is 5.96. The Balaban J connectivity index is 1.31. The van der Waals surface area contributed by atoms with Crippen LogP contribution in [-0.4, -0.2) is 49.3 Å². The van der Waals surface area contributed by atoms with Gasteiger partial charge in [-0.15, -0.1) is 0 Å². The van der Waals surface area contributed by atoms with Gasteiger partial charge in [-0.3, -0.25) is 15.1 Å². The van der Waals surface area contributed by atoms with Gasteiger partial charge in [0.2, 0.25) is 0 Å². The summed E-state index contributed by atoms with van der Waals surface area (Å²) in [6, 6.07) is 22.6. The summed E-state index contributed by atoms with van der Waals surface area (Å²) in [5, 5.41) is 9.85. The number of nitrogens with two attached hydrogens (primary N) is 1. The molecule has 170 valence electrons. The zero-order valence-corrected chi connectivity index (χ0v) is 18.8. The topological polar surface area (TPSA) is 112 Å². The highest BCUT2D eigenvalue weighted by Gasteiger charge is 2.24. The molecular formula is C27H22N8. The van der Waals surface area contributed by atoms with Crippen molar-refractivity contribution >= 4 is 27.6 Å². The highest BCUT2D eigenvalue weighted by atomic mass is 15.3. The van der Waals surface area contributed by atoms with Gasteiger partial charge in [0.1, 0.15) is 11.5 Å². The molecule has 6 heterocycles. The summed E-state index contributed by atoms with van der Waals surface area (Å²) in [4.78, 5) is 19.7. The molecule has 0 radical (unpaired) electrons. The summed E-state index contributed by atoms with van der Waals surface area (Å²) >= 11 is 0. The molecule has 0 unspecified atom stereocenters. The van der Waals surface area contributed by atoms with Crippen LogP contribution in [0.3, 0.4) is 0 Å². The van der Waals surface area contributed by atoms with Crippen LogP contribution in [0.5, 0.6) is 0 Å². The smallest absolute Gasteiger partial charge is 0.129 e. The Morgan fingerprint density at radius 1 is 0.800 bits per heavy atom. The minimum absolute atomic E-state index is 0.231. The molecule has 7 rings (SSSR count). The van der Waals surface area contributed by atoms with Gasteiger partial charge in [0, 0.05) is 53.4 Å². The van der Waals surface area contributed by atoms with E-state index in [2.05, 4.69) is 54.3 Å². The molecule has 0 amide bonds. The van der Waals surface area contributed by atoms with E-state index in [1.54, 1.807) is 12.4 Å². The first kappa shape index (κ1) is 19.9. The number of rotatable bonds is 4. The standard InChI is InChI=1S/C27H22N8/c28-17-14-35(15-17)25-6-3-5-20(32-25)16-7-8-22-18(12-16)27(34-33-22)24-13-19-21(31-24)9-11-30-26(19)23-4-1-2-10-29-23/h1-13,17,31H,14-15,28H2,(H,33,34). The molecule has 0 spiro atoms. The largest absolute Gasteiger partial charge is 0.353 e. The highest BCUT2D eigenvalue weighted by molar-refractivity contribution is 6.00. The average molecular weight is 459 g/mol. The van der Waals surface area contributed by atoms with Gasteiger partial charge in [-0.25, -0.2) is 4.98 Å². The SMILES string of the molecule is NC1CN(c2cccc(-c3ccc4[nH]nc(-c5cc6c(-c7ccccn7)nccc6[nH]5)c4c3)n2)C1. The first-order chi connectivity index (χ1) is 17.2. The van der Waals surface area contributed by atoms with Crippen molar-refractivity contribution in [1.82, 2.24) is 30.1 Å². The lowest BCUT2D eigenvalue weighted by Crippen LogP contribution is -2.56. The third-order valence-corrected chi connectivity index (χ3v) is 6.54. The Labute approximate surface area is 200 Å². The Bertz CT molecular complexity index is 1680. The number of nitrogens with zero attached hydrogens (tertiary/aromatic N) is 5. The van der Waals surface area contributed by atoms with E-state index in [9.17, 15) is 0 Å². The van der Waals surface area contributed by atoms with Crippen molar-refractivity contribution in [3.8, 4) is 34.0 Å². The van der Waals surface area contributed by atoms with Crippen LogP contribution in [0.2, 0.25) is 0 Å². The van der Waals surface area contributed by atoms with Crippen LogP contribution in [0.25, 0.3) is 55.8 Å². The zero-order valence-electron chi connectivity index (χ0n) is 18.8. The number of fused-ring (bicyclic) bond motifs is 2. The number of aromatic nitrogens is 6. The summed E-state index contributed by atoms with van der Waals surface area (Å²) in [6.07, 6.45) is 3.59. The predicted octanol–water partition coefficient (Wildman–Crippen LogP) is 4.38. The minimum Gasteiger partial charge on any atom is -0.353 e. The first-order valence-electron chi connectivity index (χ1n) is 11.6. The minimum atomic E-state index is 0.231. The number of H-pyrrole nitrogens is 2. The fourth-order valence-corrected chi connectivity index (χ4v) is 4.73. The van der Waals surface area contributed by atoms with Gasteiger partial charge < -0.3 is 15.6 Å². The van der Waals surface area contributed by atoms with Crippen molar-refractivity contribution < 1.29 is 0 Å². The zero-order chi connectivity index (χ0) is 23.4. The number of anilines is 1. The summed E-state index contributed by atoms with van der Waals surface area (Å²) in [6.45, 7) is 1.69. The lowest BCUT2D eigenvalue weighted by Gasteiger charge is -2.37. The number of pyridine rings is 3. The summed E-state index contributed by atoms with van der Waals surface area (Å²) < 4.78 is 0. The number of nitrogens with one attached hydrogen (secondary N) is 2. The molecule has 0 aliphatic carbocycles. The second kappa shape index (κ2) is 7.75. The van der Waals surface area contributed by atoms with E-state index < -0.39 is 0 Å². The fraction of sp³-hybridized carbons (Fsp3) is 0.111. The summed E-state index contributed by atoms with van der Waals surface area (Å²) in [5.74, 6) is 0.960. The van der Waals surface area contributed by atoms with Crippen LogP contribution in [0.1, 0.15) is 0 Å². The Kier molecular flexibility index (Phi) is 4.40. The van der Waals surface area contributed by atoms with Gasteiger partial charge in [-0.05, 0) is 48.5 Å². The molecule has 35 heavy (non-hydrogen) atoms. The van der Waals surface area contributed by atoms with Crippen molar-refractivity contribution in [1.29, 1.82) is 0 Å². The molecule has 1 aromatic carbocycles. The van der Waals surface area contributed by atoms with Crippen LogP contribution in [0, 0.1) is 0 Å². The van der Waals surface area contributed by atoms with Gasteiger partial charge in [0.15, 0.2) is 0 Å². The lowest BCUT2D eigenvalue weighted by molar-refractivity contribution is 0.515. The van der Waals surface area contributed by atoms with Crippen LogP contribution < -0.4 is 10.6 Å². The van der Waals surface area contributed by atoms with Crippen LogP contribution in [-0.2, 0) is 0 Å². The number of benzene rings is 1. The monoisotopic (exact) mass is 458 g/mol. The third-order valence-electron chi connectivity index (χ3n) is 6.54. The Morgan fingerprint density at radius 3 is 2.54 bits per heavy atom. The van der Waals surface area contributed by atoms with E-state index in [-0.39, 0.29) is 6.04 Å². The molecule has 6 aromatic rings. The molecule has 1 fully saturated rings.